The molecule has 0 spiro atoms. The topological polar surface area (TPSA) is 12.0 Å². The van der Waals surface area contributed by atoms with Crippen LogP contribution in [0, 0.1) is 11.8 Å². The average molecular weight is 331 g/mol. The number of hydrogen-bond donors (Lipinski definition) is 1. The van der Waals surface area contributed by atoms with Crippen LogP contribution in [0.2, 0.25) is 5.02 Å². The maximum atomic E-state index is 5.94. The molecule has 1 aromatic rings. The van der Waals surface area contributed by atoms with E-state index in [-0.39, 0.29) is 0 Å². The molecule has 1 fully saturated rings. The summed E-state index contributed by atoms with van der Waals surface area (Å²) in [4.78, 5) is 0. The molecular weight excluding hydrogens is 310 g/mol. The minimum Gasteiger partial charge on any atom is -0.312 e. The molecule has 18 heavy (non-hydrogen) atoms. The first kappa shape index (κ1) is 14.4. The number of benzene rings is 1. The molecule has 1 nitrogen and oxygen atoms in total. The van der Waals surface area contributed by atoms with Crippen LogP contribution in [0.15, 0.2) is 22.7 Å². The van der Waals surface area contributed by atoms with E-state index >= 15 is 0 Å². The molecule has 0 amide bonds. The number of rotatable bonds is 4. The fourth-order valence-electron chi connectivity index (χ4n) is 2.75. The van der Waals surface area contributed by atoms with Crippen molar-refractivity contribution >= 4 is 27.5 Å². The highest BCUT2D eigenvalue weighted by Gasteiger charge is 2.20. The molecule has 0 aromatic heterocycles. The van der Waals surface area contributed by atoms with Gasteiger partial charge in [-0.2, -0.15) is 0 Å². The van der Waals surface area contributed by atoms with Gasteiger partial charge in [-0.1, -0.05) is 59.8 Å². The summed E-state index contributed by atoms with van der Waals surface area (Å²) in [7, 11) is 0. The Morgan fingerprint density at radius 2 is 2.11 bits per heavy atom. The van der Waals surface area contributed by atoms with Gasteiger partial charge in [-0.05, 0) is 42.5 Å². The zero-order chi connectivity index (χ0) is 13.0. The van der Waals surface area contributed by atoms with Crippen molar-refractivity contribution in [1.29, 1.82) is 0 Å². The van der Waals surface area contributed by atoms with Crippen LogP contribution in [0.1, 0.15) is 38.2 Å². The van der Waals surface area contributed by atoms with E-state index in [9.17, 15) is 0 Å². The number of halogens is 2. The summed E-state index contributed by atoms with van der Waals surface area (Å²) in [5.74, 6) is 1.73. The Bertz CT molecular complexity index is 394. The minimum absolute atomic E-state index is 0.784. The smallest absolute Gasteiger partial charge is 0.0417 e. The molecule has 0 aliphatic heterocycles. The maximum Gasteiger partial charge on any atom is 0.0417 e. The monoisotopic (exact) mass is 329 g/mol. The van der Waals surface area contributed by atoms with Crippen molar-refractivity contribution in [2.24, 2.45) is 11.8 Å². The van der Waals surface area contributed by atoms with Crippen LogP contribution >= 0.6 is 27.5 Å². The zero-order valence-corrected chi connectivity index (χ0v) is 13.2. The van der Waals surface area contributed by atoms with Gasteiger partial charge in [0.15, 0.2) is 0 Å². The summed E-state index contributed by atoms with van der Waals surface area (Å²) in [5, 5.41) is 4.37. The highest BCUT2D eigenvalue weighted by molar-refractivity contribution is 9.10. The van der Waals surface area contributed by atoms with Gasteiger partial charge in [-0.25, -0.2) is 0 Å². The third-order valence-electron chi connectivity index (χ3n) is 4.03. The first-order valence-corrected chi connectivity index (χ1v) is 7.98. The third-order valence-corrected chi connectivity index (χ3v) is 5.00. The van der Waals surface area contributed by atoms with Crippen LogP contribution in [0.3, 0.4) is 0 Å². The molecule has 2 unspecified atom stereocenters. The molecule has 0 heterocycles. The molecule has 1 N–H and O–H groups in total. The standard InChI is InChI=1S/C15H21BrClN/c1-11-4-2-3-5-12(11)9-18-10-13-6-7-14(17)8-15(13)16/h6-8,11-12,18H,2-5,9-10H2,1H3. The molecule has 1 saturated carbocycles. The Hall–Kier alpha value is -0.0500. The molecule has 1 aliphatic carbocycles. The molecule has 1 aliphatic rings. The highest BCUT2D eigenvalue weighted by Crippen LogP contribution is 2.29. The van der Waals surface area contributed by atoms with Gasteiger partial charge < -0.3 is 5.32 Å². The van der Waals surface area contributed by atoms with Crippen molar-refractivity contribution in [2.45, 2.75) is 39.2 Å². The quantitative estimate of drug-likeness (QED) is 0.817. The van der Waals surface area contributed by atoms with Gasteiger partial charge in [0.05, 0.1) is 0 Å². The van der Waals surface area contributed by atoms with E-state index in [1.54, 1.807) is 0 Å². The van der Waals surface area contributed by atoms with Crippen LogP contribution in [0.4, 0.5) is 0 Å². The minimum atomic E-state index is 0.784. The van der Waals surface area contributed by atoms with Gasteiger partial charge >= 0.3 is 0 Å². The Balaban J connectivity index is 1.81. The van der Waals surface area contributed by atoms with Gasteiger partial charge in [-0.3, -0.25) is 0 Å². The fraction of sp³-hybridized carbons (Fsp3) is 0.600. The van der Waals surface area contributed by atoms with Crippen LogP contribution in [-0.2, 0) is 6.54 Å². The van der Waals surface area contributed by atoms with Gasteiger partial charge in [0, 0.05) is 16.0 Å². The molecule has 3 heteroatoms. The summed E-state index contributed by atoms with van der Waals surface area (Å²) in [5.41, 5.74) is 1.28. The van der Waals surface area contributed by atoms with Crippen molar-refractivity contribution in [3.8, 4) is 0 Å². The van der Waals surface area contributed by atoms with Gasteiger partial charge in [-0.15, -0.1) is 0 Å². The lowest BCUT2D eigenvalue weighted by Gasteiger charge is -2.29. The summed E-state index contributed by atoms with van der Waals surface area (Å²) in [6.45, 7) is 4.45. The van der Waals surface area contributed by atoms with Gasteiger partial charge in [0.1, 0.15) is 0 Å². The first-order valence-electron chi connectivity index (χ1n) is 6.81. The summed E-state index contributed by atoms with van der Waals surface area (Å²) in [6, 6.07) is 6.00. The van der Waals surface area contributed by atoms with E-state index in [0.29, 0.717) is 0 Å². The fourth-order valence-corrected chi connectivity index (χ4v) is 3.58. The largest absolute Gasteiger partial charge is 0.312 e. The summed E-state index contributed by atoms with van der Waals surface area (Å²) < 4.78 is 1.10. The van der Waals surface area contributed by atoms with Crippen LogP contribution in [-0.4, -0.2) is 6.54 Å². The molecule has 2 rings (SSSR count). The van der Waals surface area contributed by atoms with Crippen LogP contribution in [0.25, 0.3) is 0 Å². The van der Waals surface area contributed by atoms with Crippen LogP contribution in [0.5, 0.6) is 0 Å². The Morgan fingerprint density at radius 3 is 2.83 bits per heavy atom. The third kappa shape index (κ3) is 3.97. The Kier molecular flexibility index (Phi) is 5.53. The Labute approximate surface area is 123 Å². The maximum absolute atomic E-state index is 5.94. The molecule has 0 saturated heterocycles. The lowest BCUT2D eigenvalue weighted by atomic mass is 9.80. The highest BCUT2D eigenvalue weighted by atomic mass is 79.9. The van der Waals surface area contributed by atoms with Crippen molar-refractivity contribution in [2.75, 3.05) is 6.54 Å². The second kappa shape index (κ2) is 6.93. The Morgan fingerprint density at radius 1 is 1.33 bits per heavy atom. The van der Waals surface area contributed by atoms with E-state index in [1.165, 1.54) is 31.2 Å². The van der Waals surface area contributed by atoms with Crippen molar-refractivity contribution < 1.29 is 0 Å². The molecule has 100 valence electrons. The predicted octanol–water partition coefficient (Wildman–Crippen LogP) is 5.02. The summed E-state index contributed by atoms with van der Waals surface area (Å²) >= 11 is 9.50. The van der Waals surface area contributed by atoms with Crippen LogP contribution < -0.4 is 5.32 Å². The summed E-state index contributed by atoms with van der Waals surface area (Å²) in [6.07, 6.45) is 5.61. The van der Waals surface area contributed by atoms with Gasteiger partial charge in [0.25, 0.3) is 0 Å². The van der Waals surface area contributed by atoms with E-state index in [4.69, 9.17) is 11.6 Å². The van der Waals surface area contributed by atoms with Crippen molar-refractivity contribution in [1.82, 2.24) is 5.32 Å². The van der Waals surface area contributed by atoms with Crippen molar-refractivity contribution in [3.05, 3.63) is 33.3 Å². The number of hydrogen-bond acceptors (Lipinski definition) is 1. The molecule has 1 aromatic carbocycles. The normalized spacial score (nSPS) is 24.2. The molecular formula is C15H21BrClN. The van der Waals surface area contributed by atoms with Crippen molar-refractivity contribution in [3.63, 3.8) is 0 Å². The molecule has 2 atom stereocenters. The lowest BCUT2D eigenvalue weighted by Crippen LogP contribution is -2.29. The van der Waals surface area contributed by atoms with E-state index < -0.39 is 0 Å². The average Bonchev–Trinajstić information content (AvgIpc) is 2.34. The SMILES string of the molecule is CC1CCCCC1CNCc1ccc(Cl)cc1Br. The van der Waals surface area contributed by atoms with E-state index in [1.807, 2.05) is 12.1 Å². The molecule has 0 bridgehead atoms. The second-order valence-electron chi connectivity index (χ2n) is 5.39. The predicted molar refractivity (Wildman–Crippen MR) is 82.0 cm³/mol. The van der Waals surface area contributed by atoms with E-state index in [0.717, 1.165) is 34.4 Å². The zero-order valence-electron chi connectivity index (χ0n) is 10.9. The first-order chi connectivity index (χ1) is 8.66. The molecule has 0 radical (unpaired) electrons. The van der Waals surface area contributed by atoms with Gasteiger partial charge in [0.2, 0.25) is 0 Å². The second-order valence-corrected chi connectivity index (χ2v) is 6.68. The number of nitrogens with one attached hydrogen (secondary N) is 1. The lowest BCUT2D eigenvalue weighted by molar-refractivity contribution is 0.247. The van der Waals surface area contributed by atoms with E-state index in [2.05, 4.69) is 34.2 Å².